The van der Waals surface area contributed by atoms with Gasteiger partial charge < -0.3 is 4.74 Å². The van der Waals surface area contributed by atoms with Crippen LogP contribution in [0.4, 0.5) is 5.69 Å². The van der Waals surface area contributed by atoms with Crippen LogP contribution in [-0.2, 0) is 6.61 Å². The summed E-state index contributed by atoms with van der Waals surface area (Å²) in [7, 11) is 0. The lowest BCUT2D eigenvalue weighted by molar-refractivity contribution is -0.386. The molecule has 0 radical (unpaired) electrons. The summed E-state index contributed by atoms with van der Waals surface area (Å²) in [5.74, 6) is 0.00366. The number of pyridine rings is 1. The van der Waals surface area contributed by atoms with Crippen LogP contribution in [0.5, 0.6) is 5.88 Å². The molecule has 0 aliphatic heterocycles. The minimum atomic E-state index is -0.521. The van der Waals surface area contributed by atoms with Gasteiger partial charge in [0.05, 0.1) is 4.92 Å². The van der Waals surface area contributed by atoms with Gasteiger partial charge in [0, 0.05) is 26.8 Å². The fourth-order valence-electron chi connectivity index (χ4n) is 1.42. The second-order valence-corrected chi connectivity index (χ2v) is 5.39. The maximum atomic E-state index is 10.9. The quantitative estimate of drug-likeness (QED) is 0.585. The first-order valence-corrected chi connectivity index (χ1v) is 6.82. The third-order valence-corrected chi connectivity index (χ3v) is 3.53. The van der Waals surface area contributed by atoms with Crippen molar-refractivity contribution in [1.29, 1.82) is 0 Å². The Morgan fingerprint density at radius 2 is 2.05 bits per heavy atom. The van der Waals surface area contributed by atoms with E-state index in [1.54, 1.807) is 0 Å². The molecule has 1 heterocycles. The van der Waals surface area contributed by atoms with Crippen molar-refractivity contribution < 1.29 is 9.66 Å². The average molecular weight is 388 g/mol. The predicted molar refractivity (Wildman–Crippen MR) is 77.1 cm³/mol. The molecule has 0 spiro atoms. The number of nitrogens with zero attached hydrogens (tertiary/aromatic N) is 2. The zero-order valence-corrected chi connectivity index (χ0v) is 12.7. The molecule has 0 fully saturated rings. The van der Waals surface area contributed by atoms with Crippen molar-refractivity contribution in [1.82, 2.24) is 4.98 Å². The summed E-state index contributed by atoms with van der Waals surface area (Å²) in [5, 5.41) is 10.9. The highest BCUT2D eigenvalue weighted by Gasteiger charge is 2.17. The third-order valence-electron chi connectivity index (χ3n) is 2.32. The van der Waals surface area contributed by atoms with Crippen LogP contribution in [-0.4, -0.2) is 9.91 Å². The van der Waals surface area contributed by atoms with E-state index in [9.17, 15) is 10.1 Å². The molecule has 0 atom stereocenters. The van der Waals surface area contributed by atoms with Crippen molar-refractivity contribution in [3.8, 4) is 5.88 Å². The van der Waals surface area contributed by atoms with Crippen molar-refractivity contribution in [2.45, 2.75) is 6.61 Å². The van der Waals surface area contributed by atoms with E-state index in [2.05, 4.69) is 36.8 Å². The molecule has 2 rings (SSSR count). The summed E-state index contributed by atoms with van der Waals surface area (Å²) in [6, 6.07) is 8.86. The van der Waals surface area contributed by atoms with Crippen molar-refractivity contribution in [3.05, 3.63) is 61.2 Å². The molecule has 0 saturated carbocycles. The van der Waals surface area contributed by atoms with Gasteiger partial charge in [-0.25, -0.2) is 4.98 Å². The normalized spacial score (nSPS) is 10.2. The van der Waals surface area contributed by atoms with Crippen LogP contribution >= 0.6 is 31.9 Å². The lowest BCUT2D eigenvalue weighted by Crippen LogP contribution is -2.01. The van der Waals surface area contributed by atoms with Gasteiger partial charge in [-0.1, -0.05) is 34.1 Å². The topological polar surface area (TPSA) is 65.3 Å². The van der Waals surface area contributed by atoms with E-state index in [4.69, 9.17) is 4.74 Å². The van der Waals surface area contributed by atoms with Gasteiger partial charge in [-0.15, -0.1) is 0 Å². The number of nitro groups is 1. The van der Waals surface area contributed by atoms with Crippen molar-refractivity contribution in [3.63, 3.8) is 0 Å². The van der Waals surface area contributed by atoms with Gasteiger partial charge in [-0.05, 0) is 22.0 Å². The lowest BCUT2D eigenvalue weighted by Gasteiger charge is -2.07. The number of aromatic nitrogens is 1. The molecule has 0 unspecified atom stereocenters. The molecule has 19 heavy (non-hydrogen) atoms. The molecule has 5 nitrogen and oxygen atoms in total. The summed E-state index contributed by atoms with van der Waals surface area (Å²) >= 11 is 6.53. The minimum Gasteiger partial charge on any atom is -0.468 e. The van der Waals surface area contributed by atoms with E-state index >= 15 is 0 Å². The number of benzene rings is 1. The number of rotatable bonds is 4. The Kier molecular flexibility index (Phi) is 4.49. The molecule has 7 heteroatoms. The Balaban J connectivity index is 2.20. The Bertz CT molecular complexity index is 620. The van der Waals surface area contributed by atoms with E-state index < -0.39 is 4.92 Å². The predicted octanol–water partition coefficient (Wildman–Crippen LogP) is 4.09. The first-order valence-electron chi connectivity index (χ1n) is 5.24. The SMILES string of the molecule is O=[N+]([O-])c1cc(Br)cnc1OCc1ccccc1Br. The average Bonchev–Trinajstić information content (AvgIpc) is 2.38. The Morgan fingerprint density at radius 1 is 1.32 bits per heavy atom. The van der Waals surface area contributed by atoms with Crippen molar-refractivity contribution in [2.24, 2.45) is 0 Å². The maximum absolute atomic E-state index is 10.9. The monoisotopic (exact) mass is 386 g/mol. The van der Waals surface area contributed by atoms with E-state index in [1.165, 1.54) is 12.3 Å². The van der Waals surface area contributed by atoms with Crippen LogP contribution in [0.25, 0.3) is 0 Å². The van der Waals surface area contributed by atoms with Crippen LogP contribution in [0.1, 0.15) is 5.56 Å². The lowest BCUT2D eigenvalue weighted by atomic mass is 10.2. The summed E-state index contributed by atoms with van der Waals surface area (Å²) in [6.07, 6.45) is 1.46. The highest BCUT2D eigenvalue weighted by Crippen LogP contribution is 2.28. The molecule has 1 aromatic heterocycles. The smallest absolute Gasteiger partial charge is 0.332 e. The van der Waals surface area contributed by atoms with Gasteiger partial charge in [0.2, 0.25) is 0 Å². The second-order valence-electron chi connectivity index (χ2n) is 3.62. The van der Waals surface area contributed by atoms with Gasteiger partial charge in [0.25, 0.3) is 5.88 Å². The van der Waals surface area contributed by atoms with Crippen LogP contribution < -0.4 is 4.74 Å². The highest BCUT2D eigenvalue weighted by atomic mass is 79.9. The van der Waals surface area contributed by atoms with Crippen LogP contribution in [0, 0.1) is 10.1 Å². The van der Waals surface area contributed by atoms with Crippen LogP contribution in [0.2, 0.25) is 0 Å². The van der Waals surface area contributed by atoms with E-state index in [0.29, 0.717) is 4.47 Å². The first kappa shape index (κ1) is 14.0. The molecule has 0 bridgehead atoms. The molecular weight excluding hydrogens is 380 g/mol. The fourth-order valence-corrected chi connectivity index (χ4v) is 2.14. The second kappa shape index (κ2) is 6.12. The van der Waals surface area contributed by atoms with Crippen molar-refractivity contribution >= 4 is 37.5 Å². The highest BCUT2D eigenvalue weighted by molar-refractivity contribution is 9.10. The molecule has 0 aliphatic rings. The Morgan fingerprint density at radius 3 is 2.74 bits per heavy atom. The van der Waals surface area contributed by atoms with Gasteiger partial charge in [0.1, 0.15) is 6.61 Å². The van der Waals surface area contributed by atoms with Gasteiger partial charge in [0.15, 0.2) is 0 Å². The Labute approximate surface area is 126 Å². The molecule has 98 valence electrons. The van der Waals surface area contributed by atoms with Gasteiger partial charge in [-0.2, -0.15) is 0 Å². The Hall–Kier alpha value is -1.47. The third kappa shape index (κ3) is 3.51. The first-order chi connectivity index (χ1) is 9.08. The fraction of sp³-hybridized carbons (Fsp3) is 0.0833. The molecule has 0 saturated heterocycles. The number of hydrogen-bond donors (Lipinski definition) is 0. The summed E-state index contributed by atoms with van der Waals surface area (Å²) < 4.78 is 6.84. The number of ether oxygens (including phenoxy) is 1. The molecule has 0 amide bonds. The van der Waals surface area contributed by atoms with Crippen molar-refractivity contribution in [2.75, 3.05) is 0 Å². The molecule has 1 aromatic carbocycles. The van der Waals surface area contributed by atoms with Crippen LogP contribution in [0.3, 0.4) is 0 Å². The number of halogens is 2. The molecular formula is C12H8Br2N2O3. The number of hydrogen-bond acceptors (Lipinski definition) is 4. The molecule has 0 aliphatic carbocycles. The van der Waals surface area contributed by atoms with E-state index in [0.717, 1.165) is 10.0 Å². The van der Waals surface area contributed by atoms with E-state index in [-0.39, 0.29) is 18.2 Å². The molecule has 2 aromatic rings. The summed E-state index contributed by atoms with van der Waals surface area (Å²) in [5.41, 5.74) is 0.725. The minimum absolute atomic E-state index is 0.00366. The standard InChI is InChI=1S/C12H8Br2N2O3/c13-9-5-11(16(17)18)12(15-6-9)19-7-8-3-1-2-4-10(8)14/h1-6H,7H2. The van der Waals surface area contributed by atoms with Gasteiger partial charge >= 0.3 is 5.69 Å². The maximum Gasteiger partial charge on any atom is 0.332 e. The van der Waals surface area contributed by atoms with Crippen LogP contribution in [0.15, 0.2) is 45.5 Å². The van der Waals surface area contributed by atoms with E-state index in [1.807, 2.05) is 24.3 Å². The zero-order valence-electron chi connectivity index (χ0n) is 9.55. The largest absolute Gasteiger partial charge is 0.468 e. The molecule has 0 N–H and O–H groups in total. The van der Waals surface area contributed by atoms with Gasteiger partial charge in [-0.3, -0.25) is 10.1 Å². The summed E-state index contributed by atoms with van der Waals surface area (Å²) in [4.78, 5) is 14.3. The zero-order chi connectivity index (χ0) is 13.8. The summed E-state index contributed by atoms with van der Waals surface area (Å²) in [6.45, 7) is 0.205.